The van der Waals surface area contributed by atoms with Gasteiger partial charge in [0.25, 0.3) is 0 Å². The monoisotopic (exact) mass is 415 g/mol. The molecule has 0 amide bonds. The number of likely N-dealkylation sites (tertiary alicyclic amines) is 1. The summed E-state index contributed by atoms with van der Waals surface area (Å²) in [6.45, 7) is 2.17. The van der Waals surface area contributed by atoms with E-state index in [1.54, 1.807) is 6.07 Å². The largest absolute Gasteiger partial charge is 0.416 e. The van der Waals surface area contributed by atoms with E-state index in [0.717, 1.165) is 44.6 Å². The summed E-state index contributed by atoms with van der Waals surface area (Å²) < 4.78 is 41.2. The highest BCUT2D eigenvalue weighted by Gasteiger charge is 2.64. The molecule has 30 heavy (non-hydrogen) atoms. The van der Waals surface area contributed by atoms with Crippen LogP contribution >= 0.6 is 0 Å². The van der Waals surface area contributed by atoms with Crippen molar-refractivity contribution in [3.8, 4) is 12.1 Å². The van der Waals surface area contributed by atoms with E-state index in [0.29, 0.717) is 12.8 Å². The van der Waals surface area contributed by atoms with Gasteiger partial charge < -0.3 is 0 Å². The van der Waals surface area contributed by atoms with Crippen molar-refractivity contribution < 1.29 is 13.2 Å². The van der Waals surface area contributed by atoms with E-state index in [1.807, 2.05) is 4.90 Å². The van der Waals surface area contributed by atoms with Crippen LogP contribution in [0.5, 0.6) is 0 Å². The first-order chi connectivity index (χ1) is 14.3. The number of piperidine rings is 1. The highest BCUT2D eigenvalue weighted by Crippen LogP contribution is 2.58. The van der Waals surface area contributed by atoms with Crippen molar-refractivity contribution in [3.63, 3.8) is 0 Å². The molecule has 1 aromatic carbocycles. The summed E-state index contributed by atoms with van der Waals surface area (Å²) in [6, 6.07) is 10.8. The Balaban J connectivity index is 1.88. The topological polar surface area (TPSA) is 50.8 Å². The maximum atomic E-state index is 13.7. The van der Waals surface area contributed by atoms with Crippen molar-refractivity contribution >= 4 is 0 Å². The first kappa shape index (κ1) is 21.2. The predicted octanol–water partition coefficient (Wildman–Crippen LogP) is 6.06. The van der Waals surface area contributed by atoms with E-state index >= 15 is 0 Å². The molecular weight excluding hydrogens is 387 g/mol. The van der Waals surface area contributed by atoms with Gasteiger partial charge >= 0.3 is 6.18 Å². The van der Waals surface area contributed by atoms with Crippen molar-refractivity contribution in [2.75, 3.05) is 0 Å². The highest BCUT2D eigenvalue weighted by molar-refractivity contribution is 5.34. The molecule has 0 bridgehead atoms. The Labute approximate surface area is 176 Å². The van der Waals surface area contributed by atoms with E-state index in [4.69, 9.17) is 0 Å². The van der Waals surface area contributed by atoms with Crippen LogP contribution in [-0.2, 0) is 12.7 Å². The number of rotatable bonds is 2. The Kier molecular flexibility index (Phi) is 5.35. The quantitative estimate of drug-likeness (QED) is 0.590. The third-order valence-corrected chi connectivity index (χ3v) is 8.14. The summed E-state index contributed by atoms with van der Waals surface area (Å²) in [5, 5.41) is 20.9. The van der Waals surface area contributed by atoms with Crippen LogP contribution < -0.4 is 0 Å². The van der Waals surface area contributed by atoms with Gasteiger partial charge in [-0.2, -0.15) is 23.7 Å². The van der Waals surface area contributed by atoms with Crippen LogP contribution in [0.3, 0.4) is 0 Å². The van der Waals surface area contributed by atoms with Gasteiger partial charge in [-0.3, -0.25) is 4.90 Å². The number of hydrogen-bond acceptors (Lipinski definition) is 3. The first-order valence-electron chi connectivity index (χ1n) is 11.1. The maximum absolute atomic E-state index is 13.7. The van der Waals surface area contributed by atoms with Gasteiger partial charge in [-0.25, -0.2) is 0 Å². The lowest BCUT2D eigenvalue weighted by atomic mass is 9.52. The Morgan fingerprint density at radius 2 is 1.50 bits per heavy atom. The molecule has 1 saturated heterocycles. The van der Waals surface area contributed by atoms with Crippen molar-refractivity contribution in [3.05, 3.63) is 35.4 Å². The van der Waals surface area contributed by atoms with Gasteiger partial charge in [0.15, 0.2) is 0 Å². The average Bonchev–Trinajstić information content (AvgIpc) is 2.76. The lowest BCUT2D eigenvalue weighted by Gasteiger charge is -2.64. The molecule has 3 nitrogen and oxygen atoms in total. The zero-order chi connectivity index (χ0) is 21.6. The predicted molar refractivity (Wildman–Crippen MR) is 107 cm³/mol. The summed E-state index contributed by atoms with van der Waals surface area (Å²) in [4.78, 5) is 1.94. The molecule has 2 saturated carbocycles. The summed E-state index contributed by atoms with van der Waals surface area (Å²) in [6.07, 6.45) is 2.44. The first-order valence-corrected chi connectivity index (χ1v) is 11.1. The molecule has 4 rings (SSSR count). The molecule has 1 heterocycles. The molecule has 1 aliphatic heterocycles. The molecule has 5 atom stereocenters. The Bertz CT molecular complexity index is 841. The standard InChI is InChI=1S/C24H28F3N3/c1-17-19-9-4-6-12-22(19,15-28)30(23(16-29)13-7-5-10-20(17)23)14-18-8-2-3-11-21(18)24(25,26)27/h2-3,8,11,17,19-20H,4-7,9-10,12-14H2,1H3/t17?,19-,20+,22-,23-/m0/s1. The molecule has 1 unspecified atom stereocenters. The van der Waals surface area contributed by atoms with Crippen LogP contribution in [0, 0.1) is 40.4 Å². The third kappa shape index (κ3) is 3.04. The fourth-order valence-corrected chi connectivity index (χ4v) is 6.85. The molecule has 0 aromatic heterocycles. The van der Waals surface area contributed by atoms with Gasteiger partial charge in [-0.15, -0.1) is 0 Å². The molecule has 160 valence electrons. The smallest absolute Gasteiger partial charge is 0.262 e. The number of hydrogen-bond donors (Lipinski definition) is 0. The van der Waals surface area contributed by atoms with Crippen LogP contribution in [-0.4, -0.2) is 16.0 Å². The number of nitrogens with zero attached hydrogens (tertiary/aromatic N) is 3. The van der Waals surface area contributed by atoms with E-state index < -0.39 is 22.8 Å². The molecule has 3 fully saturated rings. The lowest BCUT2D eigenvalue weighted by Crippen LogP contribution is -2.72. The molecule has 1 aromatic rings. The number of halogens is 3. The van der Waals surface area contributed by atoms with E-state index in [9.17, 15) is 23.7 Å². The second-order valence-electron chi connectivity index (χ2n) is 9.38. The van der Waals surface area contributed by atoms with Gasteiger partial charge in [-0.1, -0.05) is 50.8 Å². The minimum atomic E-state index is -4.46. The number of nitriles is 2. The molecular formula is C24H28F3N3. The SMILES string of the molecule is CC1[C@H]2CCCC[C@@]2(C#N)N(Cc2ccccc2C(F)(F)F)[C@]2(C#N)CCCC[C@@H]12. The maximum Gasteiger partial charge on any atom is 0.416 e. The normalized spacial score (nSPS) is 36.8. The second kappa shape index (κ2) is 7.57. The number of alkyl halides is 3. The van der Waals surface area contributed by atoms with Crippen LogP contribution in [0.1, 0.15) is 69.4 Å². The lowest BCUT2D eigenvalue weighted by molar-refractivity contribution is -0.151. The fourth-order valence-electron chi connectivity index (χ4n) is 6.85. The van der Waals surface area contributed by atoms with Crippen LogP contribution in [0.4, 0.5) is 13.2 Å². The molecule has 0 N–H and O–H groups in total. The average molecular weight is 416 g/mol. The summed E-state index contributed by atoms with van der Waals surface area (Å²) >= 11 is 0. The number of benzene rings is 1. The van der Waals surface area contributed by atoms with Crippen molar-refractivity contribution in [2.24, 2.45) is 17.8 Å². The summed E-state index contributed by atoms with van der Waals surface area (Å²) in [5.74, 6) is 0.414. The van der Waals surface area contributed by atoms with Gasteiger partial charge in [0.05, 0.1) is 17.7 Å². The van der Waals surface area contributed by atoms with Crippen LogP contribution in [0.15, 0.2) is 24.3 Å². The minimum absolute atomic E-state index is 0.00345. The molecule has 2 aliphatic carbocycles. The summed E-state index contributed by atoms with van der Waals surface area (Å²) in [5.41, 5.74) is -2.25. The zero-order valence-corrected chi connectivity index (χ0v) is 17.4. The van der Waals surface area contributed by atoms with Gasteiger partial charge in [0.1, 0.15) is 11.1 Å². The third-order valence-electron chi connectivity index (χ3n) is 8.14. The van der Waals surface area contributed by atoms with Crippen molar-refractivity contribution in [1.82, 2.24) is 4.90 Å². The molecule has 0 spiro atoms. The van der Waals surface area contributed by atoms with Gasteiger partial charge in [-0.05, 0) is 55.1 Å². The number of fused-ring (bicyclic) bond motifs is 2. The van der Waals surface area contributed by atoms with E-state index in [2.05, 4.69) is 19.1 Å². The van der Waals surface area contributed by atoms with Crippen LogP contribution in [0.2, 0.25) is 0 Å². The molecule has 3 aliphatic rings. The Morgan fingerprint density at radius 1 is 0.967 bits per heavy atom. The van der Waals surface area contributed by atoms with Crippen LogP contribution in [0.25, 0.3) is 0 Å². The van der Waals surface area contributed by atoms with Gasteiger partial charge in [0.2, 0.25) is 0 Å². The Hall–Kier alpha value is -2.05. The fraction of sp³-hybridized carbons (Fsp3) is 0.667. The zero-order valence-electron chi connectivity index (χ0n) is 17.4. The molecule has 6 heteroatoms. The highest BCUT2D eigenvalue weighted by atomic mass is 19.4. The second-order valence-corrected chi connectivity index (χ2v) is 9.38. The minimum Gasteiger partial charge on any atom is -0.262 e. The van der Waals surface area contributed by atoms with E-state index in [1.165, 1.54) is 12.1 Å². The van der Waals surface area contributed by atoms with Gasteiger partial charge in [0, 0.05) is 6.54 Å². The van der Waals surface area contributed by atoms with Crippen molar-refractivity contribution in [2.45, 2.75) is 82.1 Å². The Morgan fingerprint density at radius 3 is 2.00 bits per heavy atom. The summed E-state index contributed by atoms with van der Waals surface area (Å²) in [7, 11) is 0. The van der Waals surface area contributed by atoms with Crippen molar-refractivity contribution in [1.29, 1.82) is 10.5 Å². The van der Waals surface area contributed by atoms with E-state index in [-0.39, 0.29) is 29.9 Å². The molecule has 0 radical (unpaired) electrons.